The number of rotatable bonds is 3. The molecule has 6 heteroatoms. The molecule has 0 aliphatic heterocycles. The highest BCUT2D eigenvalue weighted by atomic mass is 35.5. The number of aromatic amines is 1. The topological polar surface area (TPSA) is 83.8 Å². The van der Waals surface area contributed by atoms with Crippen molar-refractivity contribution >= 4 is 29.0 Å². The number of nitrogens with zero attached hydrogens (tertiary/aromatic N) is 1. The van der Waals surface area contributed by atoms with Gasteiger partial charge in [0.15, 0.2) is 5.82 Å². The van der Waals surface area contributed by atoms with Crippen molar-refractivity contribution in [1.82, 2.24) is 10.2 Å². The SMILES string of the molecule is CCc1cc(NC(=O)c2ccc(N)c(Cl)c2)n[nH]1. The molecule has 18 heavy (non-hydrogen) atoms. The van der Waals surface area contributed by atoms with Gasteiger partial charge >= 0.3 is 0 Å². The largest absolute Gasteiger partial charge is 0.398 e. The summed E-state index contributed by atoms with van der Waals surface area (Å²) in [4.78, 5) is 11.9. The molecular weight excluding hydrogens is 252 g/mol. The van der Waals surface area contributed by atoms with Gasteiger partial charge in [0, 0.05) is 17.3 Å². The van der Waals surface area contributed by atoms with Gasteiger partial charge < -0.3 is 11.1 Å². The number of benzene rings is 1. The summed E-state index contributed by atoms with van der Waals surface area (Å²) < 4.78 is 0. The maximum absolute atomic E-state index is 11.9. The number of H-pyrrole nitrogens is 1. The molecule has 5 nitrogen and oxygen atoms in total. The van der Waals surface area contributed by atoms with Gasteiger partial charge in [0.05, 0.1) is 10.7 Å². The van der Waals surface area contributed by atoms with E-state index in [-0.39, 0.29) is 5.91 Å². The number of nitrogens with two attached hydrogens (primary N) is 1. The van der Waals surface area contributed by atoms with Crippen molar-refractivity contribution in [3.05, 3.63) is 40.5 Å². The summed E-state index contributed by atoms with van der Waals surface area (Å²) in [5.74, 6) is 0.218. The zero-order valence-electron chi connectivity index (χ0n) is 9.83. The highest BCUT2D eigenvalue weighted by Gasteiger charge is 2.09. The van der Waals surface area contributed by atoms with Crippen LogP contribution in [0.25, 0.3) is 0 Å². The molecule has 0 aliphatic rings. The fourth-order valence-corrected chi connectivity index (χ4v) is 1.64. The summed E-state index contributed by atoms with van der Waals surface area (Å²) >= 11 is 5.86. The third kappa shape index (κ3) is 2.62. The Morgan fingerprint density at radius 2 is 2.28 bits per heavy atom. The molecule has 0 atom stereocenters. The van der Waals surface area contributed by atoms with Gasteiger partial charge in [-0.05, 0) is 24.6 Å². The Balaban J connectivity index is 2.14. The predicted octanol–water partition coefficient (Wildman–Crippen LogP) is 2.46. The number of amides is 1. The summed E-state index contributed by atoms with van der Waals surface area (Å²) in [5.41, 5.74) is 7.43. The standard InChI is InChI=1S/C12H13ClN4O/c1-2-8-6-11(17-16-8)15-12(18)7-3-4-10(14)9(13)5-7/h3-6H,2,14H2,1H3,(H2,15,16,17,18). The quantitative estimate of drug-likeness (QED) is 0.745. The molecular formula is C12H13ClN4O. The lowest BCUT2D eigenvalue weighted by molar-refractivity contribution is 0.102. The molecule has 1 aromatic carbocycles. The lowest BCUT2D eigenvalue weighted by Gasteiger charge is -2.03. The molecule has 0 spiro atoms. The Morgan fingerprint density at radius 3 is 2.89 bits per heavy atom. The van der Waals surface area contributed by atoms with Crippen LogP contribution in [0.1, 0.15) is 23.0 Å². The number of aryl methyl sites for hydroxylation is 1. The fraction of sp³-hybridized carbons (Fsp3) is 0.167. The van der Waals surface area contributed by atoms with E-state index >= 15 is 0 Å². The Morgan fingerprint density at radius 1 is 1.50 bits per heavy atom. The Bertz CT molecular complexity index is 579. The monoisotopic (exact) mass is 264 g/mol. The number of aromatic nitrogens is 2. The second-order valence-electron chi connectivity index (χ2n) is 3.82. The molecule has 0 radical (unpaired) electrons. The molecule has 0 unspecified atom stereocenters. The Labute approximate surface area is 109 Å². The van der Waals surface area contributed by atoms with Gasteiger partial charge in [0.1, 0.15) is 0 Å². The van der Waals surface area contributed by atoms with Gasteiger partial charge in [-0.25, -0.2) is 0 Å². The fourth-order valence-electron chi connectivity index (χ4n) is 1.46. The van der Waals surface area contributed by atoms with E-state index in [0.29, 0.717) is 22.1 Å². The highest BCUT2D eigenvalue weighted by molar-refractivity contribution is 6.33. The van der Waals surface area contributed by atoms with E-state index in [1.165, 1.54) is 6.07 Å². The van der Waals surface area contributed by atoms with Crippen molar-refractivity contribution in [1.29, 1.82) is 0 Å². The van der Waals surface area contributed by atoms with Gasteiger partial charge in [0.25, 0.3) is 5.91 Å². The lowest BCUT2D eigenvalue weighted by atomic mass is 10.2. The third-order valence-corrected chi connectivity index (χ3v) is 2.84. The molecule has 1 heterocycles. The summed E-state index contributed by atoms with van der Waals surface area (Å²) in [5, 5.41) is 9.84. The second kappa shape index (κ2) is 5.10. The second-order valence-corrected chi connectivity index (χ2v) is 4.23. The van der Waals surface area contributed by atoms with Gasteiger partial charge in [-0.1, -0.05) is 18.5 Å². The molecule has 1 aromatic heterocycles. The van der Waals surface area contributed by atoms with E-state index in [0.717, 1.165) is 12.1 Å². The van der Waals surface area contributed by atoms with E-state index < -0.39 is 0 Å². The molecule has 0 saturated heterocycles. The smallest absolute Gasteiger partial charge is 0.256 e. The number of hydrogen-bond acceptors (Lipinski definition) is 3. The van der Waals surface area contributed by atoms with Crippen molar-refractivity contribution in [3.8, 4) is 0 Å². The van der Waals surface area contributed by atoms with Crippen molar-refractivity contribution in [2.24, 2.45) is 0 Å². The summed E-state index contributed by atoms with van der Waals surface area (Å²) in [7, 11) is 0. The summed E-state index contributed by atoms with van der Waals surface area (Å²) in [6, 6.07) is 6.53. The van der Waals surface area contributed by atoms with Crippen molar-refractivity contribution in [2.45, 2.75) is 13.3 Å². The Hall–Kier alpha value is -2.01. The minimum absolute atomic E-state index is 0.272. The van der Waals surface area contributed by atoms with E-state index in [9.17, 15) is 4.79 Å². The zero-order valence-corrected chi connectivity index (χ0v) is 10.6. The van der Waals surface area contributed by atoms with E-state index in [1.54, 1.807) is 18.2 Å². The number of hydrogen-bond donors (Lipinski definition) is 3. The molecule has 94 valence electrons. The third-order valence-electron chi connectivity index (χ3n) is 2.52. The van der Waals surface area contributed by atoms with Crippen LogP contribution in [0.15, 0.2) is 24.3 Å². The highest BCUT2D eigenvalue weighted by Crippen LogP contribution is 2.20. The van der Waals surface area contributed by atoms with Crippen molar-refractivity contribution in [3.63, 3.8) is 0 Å². The minimum Gasteiger partial charge on any atom is -0.398 e. The van der Waals surface area contributed by atoms with Crippen LogP contribution in [0.2, 0.25) is 5.02 Å². The van der Waals surface area contributed by atoms with Gasteiger partial charge in [0.2, 0.25) is 0 Å². The minimum atomic E-state index is -0.272. The number of halogens is 1. The molecule has 1 amide bonds. The maximum atomic E-state index is 11.9. The molecule has 2 rings (SSSR count). The number of carbonyl (C=O) groups is 1. The first kappa shape index (κ1) is 12.4. The normalized spacial score (nSPS) is 10.3. The van der Waals surface area contributed by atoms with Crippen LogP contribution >= 0.6 is 11.6 Å². The van der Waals surface area contributed by atoms with Crippen LogP contribution in [0, 0.1) is 0 Å². The van der Waals surface area contributed by atoms with Gasteiger partial charge in [-0.3, -0.25) is 9.89 Å². The average Bonchev–Trinajstić information content (AvgIpc) is 2.80. The first-order chi connectivity index (χ1) is 8.60. The van der Waals surface area contributed by atoms with Crippen molar-refractivity contribution in [2.75, 3.05) is 11.1 Å². The van der Waals surface area contributed by atoms with Crippen LogP contribution < -0.4 is 11.1 Å². The van der Waals surface area contributed by atoms with E-state index in [4.69, 9.17) is 17.3 Å². The number of nitrogens with one attached hydrogen (secondary N) is 2. The average molecular weight is 265 g/mol. The van der Waals surface area contributed by atoms with E-state index in [2.05, 4.69) is 15.5 Å². The molecule has 0 fully saturated rings. The van der Waals surface area contributed by atoms with Crippen LogP contribution in [0.5, 0.6) is 0 Å². The Kier molecular flexibility index (Phi) is 3.53. The van der Waals surface area contributed by atoms with Gasteiger partial charge in [-0.15, -0.1) is 0 Å². The predicted molar refractivity (Wildman–Crippen MR) is 71.8 cm³/mol. The van der Waals surface area contributed by atoms with Crippen LogP contribution in [0.3, 0.4) is 0 Å². The molecule has 0 bridgehead atoms. The molecule has 4 N–H and O–H groups in total. The van der Waals surface area contributed by atoms with Gasteiger partial charge in [-0.2, -0.15) is 5.10 Å². The number of nitrogen functional groups attached to an aromatic ring is 1. The zero-order chi connectivity index (χ0) is 13.1. The molecule has 2 aromatic rings. The van der Waals surface area contributed by atoms with Crippen molar-refractivity contribution < 1.29 is 4.79 Å². The van der Waals surface area contributed by atoms with Crippen LogP contribution in [-0.2, 0) is 6.42 Å². The number of carbonyl (C=O) groups excluding carboxylic acids is 1. The first-order valence-corrected chi connectivity index (χ1v) is 5.88. The lowest BCUT2D eigenvalue weighted by Crippen LogP contribution is -2.12. The summed E-state index contributed by atoms with van der Waals surface area (Å²) in [6.07, 6.45) is 0.830. The molecule has 0 saturated carbocycles. The van der Waals surface area contributed by atoms with E-state index in [1.807, 2.05) is 6.92 Å². The maximum Gasteiger partial charge on any atom is 0.256 e. The number of anilines is 2. The summed E-state index contributed by atoms with van der Waals surface area (Å²) in [6.45, 7) is 2.00. The van der Waals surface area contributed by atoms with Crippen LogP contribution in [-0.4, -0.2) is 16.1 Å². The van der Waals surface area contributed by atoms with Crippen LogP contribution in [0.4, 0.5) is 11.5 Å². The molecule has 0 aliphatic carbocycles. The first-order valence-electron chi connectivity index (χ1n) is 5.51.